The standard InChI is InChI=1S/C17H17N5O2/c1-3-24-15-7-12(6-10(2)21-15)13-9-20-17-16(22-13)11(8-19-17)4-5-14(18)23/h4-9H,3H2,1-2H3,(H2,18,23)(H,19,20)/b5-4+. The zero-order valence-corrected chi connectivity index (χ0v) is 13.4. The monoisotopic (exact) mass is 323 g/mol. The van der Waals surface area contributed by atoms with Crippen LogP contribution in [-0.2, 0) is 4.79 Å². The highest BCUT2D eigenvalue weighted by atomic mass is 16.5. The summed E-state index contributed by atoms with van der Waals surface area (Å²) in [5.74, 6) is 0.0388. The molecule has 0 unspecified atom stereocenters. The number of primary amides is 1. The second-order valence-corrected chi connectivity index (χ2v) is 5.20. The summed E-state index contributed by atoms with van der Waals surface area (Å²) in [7, 11) is 0. The van der Waals surface area contributed by atoms with E-state index >= 15 is 0 Å². The molecule has 3 N–H and O–H groups in total. The lowest BCUT2D eigenvalue weighted by Crippen LogP contribution is -2.05. The van der Waals surface area contributed by atoms with Gasteiger partial charge in [0.05, 0.1) is 18.5 Å². The van der Waals surface area contributed by atoms with Gasteiger partial charge in [-0.15, -0.1) is 0 Å². The predicted molar refractivity (Wildman–Crippen MR) is 91.3 cm³/mol. The Morgan fingerprint density at radius 2 is 2.21 bits per heavy atom. The fourth-order valence-corrected chi connectivity index (χ4v) is 2.36. The molecule has 0 aliphatic rings. The molecule has 0 fully saturated rings. The highest BCUT2D eigenvalue weighted by molar-refractivity contribution is 5.93. The van der Waals surface area contributed by atoms with E-state index in [2.05, 4.69) is 19.9 Å². The molecule has 7 heteroatoms. The molecular weight excluding hydrogens is 306 g/mol. The number of aromatic nitrogens is 4. The Balaban J connectivity index is 2.07. The van der Waals surface area contributed by atoms with Gasteiger partial charge in [-0.25, -0.2) is 15.0 Å². The van der Waals surface area contributed by atoms with Gasteiger partial charge in [0.2, 0.25) is 11.8 Å². The van der Waals surface area contributed by atoms with E-state index in [1.54, 1.807) is 18.5 Å². The van der Waals surface area contributed by atoms with Crippen LogP contribution >= 0.6 is 0 Å². The molecule has 0 aliphatic carbocycles. The van der Waals surface area contributed by atoms with Gasteiger partial charge in [-0.1, -0.05) is 0 Å². The van der Waals surface area contributed by atoms with Crippen LogP contribution in [0, 0.1) is 6.92 Å². The van der Waals surface area contributed by atoms with Crippen molar-refractivity contribution < 1.29 is 9.53 Å². The van der Waals surface area contributed by atoms with Crippen LogP contribution in [0.3, 0.4) is 0 Å². The van der Waals surface area contributed by atoms with Gasteiger partial charge in [0.1, 0.15) is 5.52 Å². The molecule has 0 saturated carbocycles. The van der Waals surface area contributed by atoms with Crippen LogP contribution in [0.15, 0.2) is 30.6 Å². The lowest BCUT2D eigenvalue weighted by Gasteiger charge is -2.07. The third-order valence-electron chi connectivity index (χ3n) is 3.36. The van der Waals surface area contributed by atoms with Gasteiger partial charge >= 0.3 is 0 Å². The van der Waals surface area contributed by atoms with Crippen LogP contribution in [0.25, 0.3) is 28.5 Å². The molecule has 0 aliphatic heterocycles. The topological polar surface area (TPSA) is 107 Å². The van der Waals surface area contributed by atoms with Crippen LogP contribution in [0.2, 0.25) is 0 Å². The minimum absolute atomic E-state index is 0.514. The second kappa shape index (κ2) is 6.49. The summed E-state index contributed by atoms with van der Waals surface area (Å²) in [5.41, 5.74) is 9.59. The smallest absolute Gasteiger partial charge is 0.241 e. The minimum atomic E-state index is -0.514. The first-order chi connectivity index (χ1) is 11.6. The number of fused-ring (bicyclic) bond motifs is 1. The molecule has 3 aromatic rings. The summed E-state index contributed by atoms with van der Waals surface area (Å²) in [6.45, 7) is 4.35. The van der Waals surface area contributed by atoms with Crippen molar-refractivity contribution in [1.29, 1.82) is 0 Å². The Morgan fingerprint density at radius 1 is 1.38 bits per heavy atom. The summed E-state index contributed by atoms with van der Waals surface area (Å²) in [4.78, 5) is 27.3. The van der Waals surface area contributed by atoms with E-state index in [4.69, 9.17) is 10.5 Å². The number of pyridine rings is 1. The average Bonchev–Trinajstić information content (AvgIpc) is 2.95. The van der Waals surface area contributed by atoms with E-state index in [1.807, 2.05) is 26.0 Å². The SMILES string of the molecule is CCOc1cc(-c2cnc3[nH]cc(/C=C/C(N)=O)c3n2)cc(C)n1. The molecule has 0 aromatic carbocycles. The molecule has 0 saturated heterocycles. The number of nitrogens with two attached hydrogens (primary N) is 1. The first-order valence-corrected chi connectivity index (χ1v) is 7.50. The molecule has 0 spiro atoms. The maximum Gasteiger partial charge on any atom is 0.241 e. The zero-order chi connectivity index (χ0) is 17.1. The molecule has 24 heavy (non-hydrogen) atoms. The molecule has 3 aromatic heterocycles. The normalized spacial score (nSPS) is 11.2. The number of aromatic amines is 1. The van der Waals surface area contributed by atoms with Crippen LogP contribution in [0.1, 0.15) is 18.2 Å². The number of nitrogens with zero attached hydrogens (tertiary/aromatic N) is 3. The summed E-state index contributed by atoms with van der Waals surface area (Å²) in [6, 6.07) is 3.75. The summed E-state index contributed by atoms with van der Waals surface area (Å²) in [6.07, 6.45) is 6.33. The third-order valence-corrected chi connectivity index (χ3v) is 3.36. The van der Waals surface area contributed by atoms with Gasteiger partial charge < -0.3 is 15.5 Å². The number of hydrogen-bond acceptors (Lipinski definition) is 5. The lowest BCUT2D eigenvalue weighted by atomic mass is 10.1. The van der Waals surface area contributed by atoms with Gasteiger partial charge in [-0.2, -0.15) is 0 Å². The third kappa shape index (κ3) is 3.24. The van der Waals surface area contributed by atoms with E-state index in [0.29, 0.717) is 29.3 Å². The van der Waals surface area contributed by atoms with Crippen molar-refractivity contribution in [3.05, 3.63) is 41.9 Å². The van der Waals surface area contributed by atoms with Crippen molar-refractivity contribution in [3.63, 3.8) is 0 Å². The quantitative estimate of drug-likeness (QED) is 0.700. The van der Waals surface area contributed by atoms with E-state index in [0.717, 1.165) is 16.8 Å². The highest BCUT2D eigenvalue weighted by Crippen LogP contribution is 2.24. The number of aryl methyl sites for hydroxylation is 1. The molecule has 122 valence electrons. The summed E-state index contributed by atoms with van der Waals surface area (Å²) >= 11 is 0. The Kier molecular flexibility index (Phi) is 4.24. The van der Waals surface area contributed by atoms with Crippen molar-refractivity contribution in [3.8, 4) is 17.1 Å². The molecule has 1 amide bonds. The van der Waals surface area contributed by atoms with E-state index < -0.39 is 5.91 Å². The largest absolute Gasteiger partial charge is 0.478 e. The number of rotatable bonds is 5. The Hall–Kier alpha value is -3.22. The van der Waals surface area contributed by atoms with Crippen LogP contribution in [0.4, 0.5) is 0 Å². The lowest BCUT2D eigenvalue weighted by molar-refractivity contribution is -0.113. The molecule has 0 atom stereocenters. The maximum absolute atomic E-state index is 10.9. The maximum atomic E-state index is 10.9. The van der Waals surface area contributed by atoms with Gasteiger partial charge in [-0.3, -0.25) is 4.79 Å². The van der Waals surface area contributed by atoms with Crippen LogP contribution < -0.4 is 10.5 Å². The number of carbonyl (C=O) groups excluding carboxylic acids is 1. The molecule has 3 rings (SSSR count). The van der Waals surface area contributed by atoms with Gasteiger partial charge in [0.15, 0.2) is 5.65 Å². The fourth-order valence-electron chi connectivity index (χ4n) is 2.36. The number of carbonyl (C=O) groups is 1. The zero-order valence-electron chi connectivity index (χ0n) is 13.4. The summed E-state index contributed by atoms with van der Waals surface area (Å²) in [5, 5.41) is 0. The van der Waals surface area contributed by atoms with Gasteiger partial charge in [0.25, 0.3) is 0 Å². The van der Waals surface area contributed by atoms with E-state index in [9.17, 15) is 4.79 Å². The van der Waals surface area contributed by atoms with Gasteiger partial charge in [-0.05, 0) is 26.0 Å². The fraction of sp³-hybridized carbons (Fsp3) is 0.176. The number of amides is 1. The van der Waals surface area contributed by atoms with Crippen molar-refractivity contribution in [1.82, 2.24) is 19.9 Å². The Bertz CT molecular complexity index is 930. The minimum Gasteiger partial charge on any atom is -0.478 e. The van der Waals surface area contributed by atoms with Crippen molar-refractivity contribution in [2.24, 2.45) is 5.73 Å². The first kappa shape index (κ1) is 15.7. The Morgan fingerprint density at radius 3 is 2.96 bits per heavy atom. The number of ether oxygens (including phenoxy) is 1. The molecular formula is C17H17N5O2. The van der Waals surface area contributed by atoms with Crippen molar-refractivity contribution in [2.45, 2.75) is 13.8 Å². The van der Waals surface area contributed by atoms with Crippen molar-refractivity contribution >= 4 is 23.1 Å². The predicted octanol–water partition coefficient (Wildman–Crippen LogP) is 2.23. The Labute approximate surface area is 138 Å². The van der Waals surface area contributed by atoms with E-state index in [-0.39, 0.29) is 0 Å². The average molecular weight is 323 g/mol. The first-order valence-electron chi connectivity index (χ1n) is 7.50. The number of nitrogens with one attached hydrogen (secondary N) is 1. The number of H-pyrrole nitrogens is 1. The van der Waals surface area contributed by atoms with Crippen LogP contribution in [0.5, 0.6) is 5.88 Å². The van der Waals surface area contributed by atoms with Crippen molar-refractivity contribution in [2.75, 3.05) is 6.61 Å². The van der Waals surface area contributed by atoms with Gasteiger partial charge in [0, 0.05) is 35.2 Å². The molecule has 3 heterocycles. The van der Waals surface area contributed by atoms with E-state index in [1.165, 1.54) is 6.08 Å². The molecule has 0 radical (unpaired) electrons. The highest BCUT2D eigenvalue weighted by Gasteiger charge is 2.09. The van der Waals surface area contributed by atoms with Crippen LogP contribution in [-0.4, -0.2) is 32.4 Å². The second-order valence-electron chi connectivity index (χ2n) is 5.20. The number of hydrogen-bond donors (Lipinski definition) is 2. The molecule has 7 nitrogen and oxygen atoms in total. The molecule has 0 bridgehead atoms. The summed E-state index contributed by atoms with van der Waals surface area (Å²) < 4.78 is 5.48.